The Bertz CT molecular complexity index is 718. The molecule has 2 amide bonds. The maximum Gasteiger partial charge on any atom is 0.311 e. The van der Waals surface area contributed by atoms with Gasteiger partial charge in [-0.15, -0.1) is 0 Å². The van der Waals surface area contributed by atoms with Crippen LogP contribution in [-0.4, -0.2) is 60.2 Å². The summed E-state index contributed by atoms with van der Waals surface area (Å²) in [6.07, 6.45) is 1.51. The van der Waals surface area contributed by atoms with Crippen molar-refractivity contribution in [1.82, 2.24) is 10.6 Å². The van der Waals surface area contributed by atoms with E-state index in [1.807, 2.05) is 13.8 Å². The number of hydrogen-bond acceptors (Lipinski definition) is 8. The molecule has 0 aromatic carbocycles. The van der Waals surface area contributed by atoms with Crippen LogP contribution in [0.1, 0.15) is 47.0 Å². The van der Waals surface area contributed by atoms with Gasteiger partial charge in [-0.2, -0.15) is 0 Å². The third kappa shape index (κ3) is 7.73. The largest absolute Gasteiger partial charge is 0.431 e. The molecule has 0 radical (unpaired) electrons. The average molecular weight is 443 g/mol. The lowest BCUT2D eigenvalue weighted by molar-refractivity contribution is -0.304. The number of nitrogens with one attached hydrogen (secondary N) is 2. The standard InChI is InChI=1S/C20H30N2O7S/c1-19(2)12-27-20(3,4)29-17(19)18(26)22-8-7-14(23)21-9-10-30-16(25)11-13-5-6-15(24)28-13/h11,17H,5-10,12H2,1-4H3,(H,21,23)(H,22,26)/b13-11+. The van der Waals surface area contributed by atoms with Crippen molar-refractivity contribution in [3.05, 3.63) is 11.8 Å². The average Bonchev–Trinajstić information content (AvgIpc) is 3.05. The Kier molecular flexibility index (Phi) is 8.45. The van der Waals surface area contributed by atoms with E-state index >= 15 is 0 Å². The van der Waals surface area contributed by atoms with Crippen LogP contribution in [0.5, 0.6) is 0 Å². The highest BCUT2D eigenvalue weighted by Crippen LogP contribution is 2.34. The molecule has 2 N–H and O–H groups in total. The minimum absolute atomic E-state index is 0.122. The van der Waals surface area contributed by atoms with Crippen LogP contribution in [-0.2, 0) is 33.4 Å². The zero-order valence-electron chi connectivity index (χ0n) is 17.9. The molecular formula is C20H30N2O7S. The number of rotatable bonds is 8. The van der Waals surface area contributed by atoms with E-state index in [4.69, 9.17) is 14.2 Å². The Balaban J connectivity index is 1.61. The van der Waals surface area contributed by atoms with Crippen molar-refractivity contribution < 1.29 is 33.4 Å². The van der Waals surface area contributed by atoms with E-state index < -0.39 is 17.3 Å². The fraction of sp³-hybridized carbons (Fsp3) is 0.700. The van der Waals surface area contributed by atoms with Crippen molar-refractivity contribution in [2.45, 2.75) is 58.8 Å². The molecule has 2 aliphatic heterocycles. The highest BCUT2D eigenvalue weighted by molar-refractivity contribution is 8.14. The van der Waals surface area contributed by atoms with Crippen LogP contribution in [0.3, 0.4) is 0 Å². The number of cyclic esters (lactones) is 1. The summed E-state index contributed by atoms with van der Waals surface area (Å²) in [6.45, 7) is 8.20. The van der Waals surface area contributed by atoms with Crippen molar-refractivity contribution in [3.8, 4) is 0 Å². The molecule has 168 valence electrons. The van der Waals surface area contributed by atoms with Crippen molar-refractivity contribution in [1.29, 1.82) is 0 Å². The summed E-state index contributed by atoms with van der Waals surface area (Å²) in [5.41, 5.74) is -0.474. The van der Waals surface area contributed by atoms with E-state index in [0.29, 0.717) is 37.5 Å². The SMILES string of the molecule is CC1(C)OCC(C)(C)C(C(=O)NCCC(=O)NCCSC(=O)/C=C2\CCC(=O)O2)O1. The van der Waals surface area contributed by atoms with Gasteiger partial charge in [0.1, 0.15) is 11.9 Å². The van der Waals surface area contributed by atoms with Gasteiger partial charge in [-0.3, -0.25) is 19.2 Å². The van der Waals surface area contributed by atoms with E-state index in [2.05, 4.69) is 10.6 Å². The van der Waals surface area contributed by atoms with E-state index in [9.17, 15) is 19.2 Å². The smallest absolute Gasteiger partial charge is 0.311 e. The molecule has 0 spiro atoms. The summed E-state index contributed by atoms with van der Waals surface area (Å²) in [6, 6.07) is 0. The summed E-state index contributed by atoms with van der Waals surface area (Å²) in [5.74, 6) is -0.871. The predicted molar refractivity (Wildman–Crippen MR) is 110 cm³/mol. The fourth-order valence-corrected chi connectivity index (χ4v) is 3.51. The first-order valence-electron chi connectivity index (χ1n) is 9.93. The van der Waals surface area contributed by atoms with Crippen molar-refractivity contribution in [2.24, 2.45) is 5.41 Å². The van der Waals surface area contributed by atoms with Gasteiger partial charge in [0.15, 0.2) is 5.79 Å². The van der Waals surface area contributed by atoms with E-state index in [1.54, 1.807) is 13.8 Å². The maximum absolute atomic E-state index is 12.5. The molecular weight excluding hydrogens is 412 g/mol. The first kappa shape index (κ1) is 24.4. The van der Waals surface area contributed by atoms with Crippen LogP contribution in [0.4, 0.5) is 0 Å². The van der Waals surface area contributed by atoms with Gasteiger partial charge >= 0.3 is 5.97 Å². The molecule has 30 heavy (non-hydrogen) atoms. The second-order valence-corrected chi connectivity index (χ2v) is 9.42. The number of carbonyl (C=O) groups is 4. The molecule has 2 saturated heterocycles. The number of ether oxygens (including phenoxy) is 3. The molecule has 0 saturated carbocycles. The lowest BCUT2D eigenvalue weighted by Crippen LogP contribution is -2.56. The van der Waals surface area contributed by atoms with Crippen LogP contribution >= 0.6 is 11.8 Å². The zero-order chi connectivity index (χ0) is 22.4. The van der Waals surface area contributed by atoms with Gasteiger partial charge in [0.25, 0.3) is 0 Å². The maximum atomic E-state index is 12.5. The number of hydrogen-bond donors (Lipinski definition) is 2. The molecule has 2 aliphatic rings. The molecule has 2 heterocycles. The molecule has 1 unspecified atom stereocenters. The molecule has 2 rings (SSSR count). The normalized spacial score (nSPS) is 23.7. The van der Waals surface area contributed by atoms with Gasteiger partial charge in [-0.1, -0.05) is 25.6 Å². The number of esters is 1. The van der Waals surface area contributed by atoms with Crippen molar-refractivity contribution in [3.63, 3.8) is 0 Å². The fourth-order valence-electron chi connectivity index (χ4n) is 2.89. The number of allylic oxidation sites excluding steroid dienone is 1. The van der Waals surface area contributed by atoms with E-state index in [1.165, 1.54) is 6.08 Å². The Hall–Kier alpha value is -1.91. The Morgan fingerprint density at radius 2 is 1.87 bits per heavy atom. The summed E-state index contributed by atoms with van der Waals surface area (Å²) in [5, 5.41) is 5.22. The summed E-state index contributed by atoms with van der Waals surface area (Å²) >= 11 is 1.03. The van der Waals surface area contributed by atoms with Gasteiger partial charge in [0.2, 0.25) is 16.9 Å². The summed E-state index contributed by atoms with van der Waals surface area (Å²) in [4.78, 5) is 47.1. The molecule has 0 aromatic rings. The zero-order valence-corrected chi connectivity index (χ0v) is 18.7. The quantitative estimate of drug-likeness (QED) is 0.328. The van der Waals surface area contributed by atoms with Gasteiger partial charge in [0, 0.05) is 43.2 Å². The monoisotopic (exact) mass is 442 g/mol. The van der Waals surface area contributed by atoms with Crippen LogP contribution in [0.2, 0.25) is 0 Å². The molecule has 0 aliphatic carbocycles. The van der Waals surface area contributed by atoms with Crippen molar-refractivity contribution in [2.75, 3.05) is 25.4 Å². The van der Waals surface area contributed by atoms with Gasteiger partial charge in [-0.05, 0) is 13.8 Å². The first-order valence-corrected chi connectivity index (χ1v) is 10.9. The highest BCUT2D eigenvalue weighted by atomic mass is 32.2. The Morgan fingerprint density at radius 1 is 1.13 bits per heavy atom. The van der Waals surface area contributed by atoms with Crippen LogP contribution in [0, 0.1) is 5.41 Å². The molecule has 1 atom stereocenters. The van der Waals surface area contributed by atoms with E-state index in [0.717, 1.165) is 11.8 Å². The molecule has 9 nitrogen and oxygen atoms in total. The summed E-state index contributed by atoms with van der Waals surface area (Å²) in [7, 11) is 0. The number of amides is 2. The topological polar surface area (TPSA) is 120 Å². The number of carbonyl (C=O) groups excluding carboxylic acids is 4. The lowest BCUT2D eigenvalue weighted by atomic mass is 9.85. The second kappa shape index (κ2) is 10.4. The van der Waals surface area contributed by atoms with Gasteiger partial charge in [-0.25, -0.2) is 0 Å². The Morgan fingerprint density at radius 3 is 2.53 bits per heavy atom. The lowest BCUT2D eigenvalue weighted by Gasteiger charge is -2.44. The molecule has 0 bridgehead atoms. The third-order valence-corrected chi connectivity index (χ3v) is 5.37. The van der Waals surface area contributed by atoms with Crippen LogP contribution < -0.4 is 10.6 Å². The molecule has 10 heteroatoms. The van der Waals surface area contributed by atoms with Crippen LogP contribution in [0.15, 0.2) is 11.8 Å². The molecule has 0 aromatic heterocycles. The van der Waals surface area contributed by atoms with Crippen molar-refractivity contribution >= 4 is 34.7 Å². The van der Waals surface area contributed by atoms with Gasteiger partial charge < -0.3 is 24.8 Å². The van der Waals surface area contributed by atoms with Crippen LogP contribution in [0.25, 0.3) is 0 Å². The minimum Gasteiger partial charge on any atom is -0.431 e. The highest BCUT2D eigenvalue weighted by Gasteiger charge is 2.45. The second-order valence-electron chi connectivity index (χ2n) is 8.32. The summed E-state index contributed by atoms with van der Waals surface area (Å²) < 4.78 is 16.2. The Labute approximate surface area is 180 Å². The number of thioether (sulfide) groups is 1. The predicted octanol–water partition coefficient (Wildman–Crippen LogP) is 1.27. The molecule has 2 fully saturated rings. The third-order valence-electron chi connectivity index (χ3n) is 4.56. The van der Waals surface area contributed by atoms with E-state index in [-0.39, 0.29) is 35.9 Å². The minimum atomic E-state index is -0.834. The first-order chi connectivity index (χ1) is 14.0. The van der Waals surface area contributed by atoms with Gasteiger partial charge in [0.05, 0.1) is 13.0 Å².